The van der Waals surface area contributed by atoms with Crippen molar-refractivity contribution in [2.75, 3.05) is 11.9 Å². The number of hydrogen-bond acceptors (Lipinski definition) is 2. The van der Waals surface area contributed by atoms with Gasteiger partial charge in [-0.1, -0.05) is 26.0 Å². The van der Waals surface area contributed by atoms with Crippen molar-refractivity contribution < 1.29 is 14.7 Å². The standard InChI is InChI=1S/C16H20N2O3/c1-16(2)9-12(16)10-17-15(21)18-13-6-3-11(4-7-13)5-8-14(19)20/h3-8,12H,9-10H2,1-2H3,(H,19,20)(H2,17,18,21)/b8-5+. The molecule has 0 saturated heterocycles. The van der Waals surface area contributed by atoms with Gasteiger partial charge in [-0.05, 0) is 41.5 Å². The Bertz CT molecular complexity index is 561. The first-order valence-corrected chi connectivity index (χ1v) is 6.93. The fraction of sp³-hybridized carbons (Fsp3) is 0.375. The number of nitrogens with one attached hydrogen (secondary N) is 2. The molecule has 0 aliphatic heterocycles. The largest absolute Gasteiger partial charge is 0.478 e. The molecule has 5 nitrogen and oxygen atoms in total. The molecule has 5 heteroatoms. The van der Waals surface area contributed by atoms with Gasteiger partial charge in [-0.2, -0.15) is 0 Å². The molecule has 0 aromatic heterocycles. The van der Waals surface area contributed by atoms with E-state index in [0.717, 1.165) is 18.1 Å². The van der Waals surface area contributed by atoms with E-state index >= 15 is 0 Å². The maximum absolute atomic E-state index is 11.7. The first-order valence-electron chi connectivity index (χ1n) is 6.93. The van der Waals surface area contributed by atoms with E-state index in [1.165, 1.54) is 6.08 Å². The molecule has 1 unspecified atom stereocenters. The predicted octanol–water partition coefficient (Wildman–Crippen LogP) is 2.95. The van der Waals surface area contributed by atoms with Gasteiger partial charge in [-0.3, -0.25) is 0 Å². The smallest absolute Gasteiger partial charge is 0.328 e. The number of carboxylic acid groups (broad SMARTS) is 1. The molecule has 1 aliphatic carbocycles. The van der Waals surface area contributed by atoms with E-state index in [-0.39, 0.29) is 6.03 Å². The number of urea groups is 1. The number of carbonyl (C=O) groups is 2. The maximum Gasteiger partial charge on any atom is 0.328 e. The molecule has 1 saturated carbocycles. The summed E-state index contributed by atoms with van der Waals surface area (Å²) < 4.78 is 0. The Labute approximate surface area is 124 Å². The number of carbonyl (C=O) groups excluding carboxylic acids is 1. The number of hydrogen-bond donors (Lipinski definition) is 3. The van der Waals surface area contributed by atoms with E-state index in [1.807, 2.05) is 0 Å². The number of benzene rings is 1. The second-order valence-corrected chi connectivity index (χ2v) is 6.02. The Balaban J connectivity index is 1.80. The minimum absolute atomic E-state index is 0.216. The third-order valence-corrected chi connectivity index (χ3v) is 3.81. The van der Waals surface area contributed by atoms with Crippen LogP contribution in [0.4, 0.5) is 10.5 Å². The van der Waals surface area contributed by atoms with Crippen LogP contribution in [-0.4, -0.2) is 23.7 Å². The van der Waals surface area contributed by atoms with Crippen LogP contribution in [0, 0.1) is 11.3 Å². The lowest BCUT2D eigenvalue weighted by Gasteiger charge is -2.08. The Morgan fingerprint density at radius 1 is 1.33 bits per heavy atom. The van der Waals surface area contributed by atoms with Crippen LogP contribution in [-0.2, 0) is 4.79 Å². The molecule has 2 amide bonds. The predicted molar refractivity (Wildman–Crippen MR) is 82.0 cm³/mol. The first kappa shape index (κ1) is 15.1. The molecular formula is C16H20N2O3. The fourth-order valence-electron chi connectivity index (χ4n) is 2.16. The molecule has 1 atom stereocenters. The van der Waals surface area contributed by atoms with Gasteiger partial charge in [-0.15, -0.1) is 0 Å². The maximum atomic E-state index is 11.7. The average molecular weight is 288 g/mol. The van der Waals surface area contributed by atoms with Gasteiger partial charge in [0, 0.05) is 18.3 Å². The van der Waals surface area contributed by atoms with Gasteiger partial charge in [0.05, 0.1) is 0 Å². The molecule has 112 valence electrons. The number of rotatable bonds is 5. The van der Waals surface area contributed by atoms with E-state index in [4.69, 9.17) is 5.11 Å². The monoisotopic (exact) mass is 288 g/mol. The lowest BCUT2D eigenvalue weighted by Crippen LogP contribution is -2.31. The topological polar surface area (TPSA) is 78.4 Å². The van der Waals surface area contributed by atoms with Gasteiger partial charge >= 0.3 is 12.0 Å². The summed E-state index contributed by atoms with van der Waals surface area (Å²) in [5, 5.41) is 14.2. The molecule has 1 aromatic rings. The highest BCUT2D eigenvalue weighted by atomic mass is 16.4. The van der Waals surface area contributed by atoms with Crippen molar-refractivity contribution in [3.63, 3.8) is 0 Å². The van der Waals surface area contributed by atoms with Crippen LogP contribution >= 0.6 is 0 Å². The fourth-order valence-corrected chi connectivity index (χ4v) is 2.16. The van der Waals surface area contributed by atoms with Crippen LogP contribution in [0.25, 0.3) is 6.08 Å². The number of carboxylic acids is 1. The minimum atomic E-state index is -0.987. The Kier molecular flexibility index (Phi) is 4.31. The number of aliphatic carboxylic acids is 1. The van der Waals surface area contributed by atoms with Crippen molar-refractivity contribution in [3.8, 4) is 0 Å². The highest BCUT2D eigenvalue weighted by Crippen LogP contribution is 2.50. The molecule has 21 heavy (non-hydrogen) atoms. The van der Waals surface area contributed by atoms with Crippen molar-refractivity contribution in [3.05, 3.63) is 35.9 Å². The van der Waals surface area contributed by atoms with Crippen molar-refractivity contribution in [1.82, 2.24) is 5.32 Å². The number of amides is 2. The van der Waals surface area contributed by atoms with Gasteiger partial charge in [-0.25, -0.2) is 9.59 Å². The molecule has 0 radical (unpaired) electrons. The Morgan fingerprint density at radius 3 is 2.48 bits per heavy atom. The number of anilines is 1. The summed E-state index contributed by atoms with van der Waals surface area (Å²) in [6.07, 6.45) is 3.73. The third kappa shape index (κ3) is 4.63. The van der Waals surface area contributed by atoms with E-state index in [9.17, 15) is 9.59 Å². The average Bonchev–Trinajstić information content (AvgIpc) is 3.03. The molecule has 0 heterocycles. The lowest BCUT2D eigenvalue weighted by atomic mass is 10.1. The molecule has 1 aromatic carbocycles. The molecule has 3 N–H and O–H groups in total. The lowest BCUT2D eigenvalue weighted by molar-refractivity contribution is -0.131. The molecule has 2 rings (SSSR count). The molecule has 0 spiro atoms. The Morgan fingerprint density at radius 2 is 1.95 bits per heavy atom. The van der Waals surface area contributed by atoms with E-state index in [0.29, 0.717) is 23.6 Å². The highest BCUT2D eigenvalue weighted by Gasteiger charge is 2.45. The summed E-state index contributed by atoms with van der Waals surface area (Å²) in [5.41, 5.74) is 1.80. The molecule has 1 fully saturated rings. The molecule has 1 aliphatic rings. The Hall–Kier alpha value is -2.30. The van der Waals surface area contributed by atoms with Crippen molar-refractivity contribution in [2.24, 2.45) is 11.3 Å². The normalized spacial score (nSPS) is 19.2. The van der Waals surface area contributed by atoms with E-state index < -0.39 is 5.97 Å². The summed E-state index contributed by atoms with van der Waals surface area (Å²) in [7, 11) is 0. The van der Waals surface area contributed by atoms with Gasteiger partial charge < -0.3 is 15.7 Å². The summed E-state index contributed by atoms with van der Waals surface area (Å²) in [4.78, 5) is 22.2. The summed E-state index contributed by atoms with van der Waals surface area (Å²) in [5.74, 6) is -0.425. The van der Waals surface area contributed by atoms with Gasteiger partial charge in [0.15, 0.2) is 0 Å². The van der Waals surface area contributed by atoms with Crippen LogP contribution in [0.15, 0.2) is 30.3 Å². The zero-order chi connectivity index (χ0) is 15.5. The summed E-state index contributed by atoms with van der Waals surface area (Å²) in [6, 6.07) is 6.76. The van der Waals surface area contributed by atoms with Crippen LogP contribution in [0.2, 0.25) is 0 Å². The van der Waals surface area contributed by atoms with Crippen LogP contribution < -0.4 is 10.6 Å². The zero-order valence-electron chi connectivity index (χ0n) is 12.2. The minimum Gasteiger partial charge on any atom is -0.478 e. The third-order valence-electron chi connectivity index (χ3n) is 3.81. The van der Waals surface area contributed by atoms with Crippen molar-refractivity contribution in [2.45, 2.75) is 20.3 Å². The van der Waals surface area contributed by atoms with Crippen LogP contribution in [0.3, 0.4) is 0 Å². The van der Waals surface area contributed by atoms with Gasteiger partial charge in [0.2, 0.25) is 0 Å². The van der Waals surface area contributed by atoms with Crippen LogP contribution in [0.1, 0.15) is 25.8 Å². The second kappa shape index (κ2) is 5.99. The molecule has 0 bridgehead atoms. The van der Waals surface area contributed by atoms with Crippen molar-refractivity contribution in [1.29, 1.82) is 0 Å². The second-order valence-electron chi connectivity index (χ2n) is 6.02. The van der Waals surface area contributed by atoms with Gasteiger partial charge in [0.1, 0.15) is 0 Å². The molecular weight excluding hydrogens is 268 g/mol. The van der Waals surface area contributed by atoms with Crippen molar-refractivity contribution >= 4 is 23.8 Å². The van der Waals surface area contributed by atoms with Crippen LogP contribution in [0.5, 0.6) is 0 Å². The highest BCUT2D eigenvalue weighted by molar-refractivity contribution is 5.89. The quantitative estimate of drug-likeness (QED) is 0.729. The zero-order valence-corrected chi connectivity index (χ0v) is 12.2. The summed E-state index contributed by atoms with van der Waals surface area (Å²) >= 11 is 0. The van der Waals surface area contributed by atoms with Gasteiger partial charge in [0.25, 0.3) is 0 Å². The summed E-state index contributed by atoms with van der Waals surface area (Å²) in [6.45, 7) is 5.08. The first-order chi connectivity index (χ1) is 9.87. The SMILES string of the molecule is CC1(C)CC1CNC(=O)Nc1ccc(/C=C/C(=O)O)cc1. The van der Waals surface area contributed by atoms with E-state index in [1.54, 1.807) is 24.3 Å². The van der Waals surface area contributed by atoms with E-state index in [2.05, 4.69) is 24.5 Å².